The van der Waals surface area contributed by atoms with Crippen LogP contribution in [-0.4, -0.2) is 5.97 Å². The molecular weight excluding hydrogens is 156 g/mol. The first-order chi connectivity index (χ1) is 5.74. The fourth-order valence-corrected chi connectivity index (χ4v) is 0.976. The molecule has 0 amide bonds. The Morgan fingerprint density at radius 3 is 3.00 bits per heavy atom. The number of carbonyl (C=O) groups excluding carboxylic acids is 1. The van der Waals surface area contributed by atoms with Crippen molar-refractivity contribution in [3.8, 4) is 0 Å². The molecule has 3 nitrogen and oxygen atoms in total. The van der Waals surface area contributed by atoms with E-state index in [1.807, 2.05) is 13.0 Å². The Labute approximate surface area is 71.3 Å². The average Bonchev–Trinajstić information content (AvgIpc) is 2.47. The van der Waals surface area contributed by atoms with E-state index >= 15 is 0 Å². The van der Waals surface area contributed by atoms with E-state index in [0.29, 0.717) is 0 Å². The molecule has 0 aliphatic carbocycles. The quantitative estimate of drug-likeness (QED) is 0.647. The highest BCUT2D eigenvalue weighted by Crippen LogP contribution is 2.11. The predicted molar refractivity (Wildman–Crippen MR) is 43.6 cm³/mol. The number of furan rings is 1. The van der Waals surface area contributed by atoms with Crippen LogP contribution in [0.1, 0.15) is 25.2 Å². The largest absolute Gasteiger partial charge is 0.465 e. The lowest BCUT2D eigenvalue weighted by molar-refractivity contribution is -0.142. The molecule has 0 aliphatic heterocycles. The van der Waals surface area contributed by atoms with Gasteiger partial charge in [-0.3, -0.25) is 4.79 Å². The zero-order valence-corrected chi connectivity index (χ0v) is 7.29. The summed E-state index contributed by atoms with van der Waals surface area (Å²) in [5.74, 6) is 0.459. The standard InChI is InChI=1S/C9H12O3/c1-3-8-4-5-11-9(8)6-12-7(2)10/h4-5H,3,6H2,1-2H3. The predicted octanol–water partition coefficient (Wildman–Crippen LogP) is 1.91. The maximum absolute atomic E-state index is 10.5. The van der Waals surface area contributed by atoms with Crippen LogP contribution >= 0.6 is 0 Å². The van der Waals surface area contributed by atoms with E-state index in [2.05, 4.69) is 0 Å². The van der Waals surface area contributed by atoms with Gasteiger partial charge in [0.25, 0.3) is 0 Å². The van der Waals surface area contributed by atoms with Crippen LogP contribution in [0.3, 0.4) is 0 Å². The van der Waals surface area contributed by atoms with Gasteiger partial charge in [0.2, 0.25) is 0 Å². The molecule has 0 aliphatic rings. The number of ether oxygens (including phenoxy) is 1. The molecule has 0 N–H and O–H groups in total. The first-order valence-electron chi connectivity index (χ1n) is 3.92. The highest BCUT2D eigenvalue weighted by Gasteiger charge is 2.05. The first kappa shape index (κ1) is 8.84. The Bertz CT molecular complexity index is 262. The van der Waals surface area contributed by atoms with Crippen molar-refractivity contribution in [1.82, 2.24) is 0 Å². The van der Waals surface area contributed by atoms with E-state index in [0.717, 1.165) is 17.7 Å². The zero-order chi connectivity index (χ0) is 8.97. The Hall–Kier alpha value is -1.25. The summed E-state index contributed by atoms with van der Waals surface area (Å²) >= 11 is 0. The molecular formula is C9H12O3. The second-order valence-corrected chi connectivity index (χ2v) is 2.50. The molecule has 3 heteroatoms. The van der Waals surface area contributed by atoms with Crippen molar-refractivity contribution in [2.24, 2.45) is 0 Å². The molecule has 66 valence electrons. The Kier molecular flexibility index (Phi) is 2.91. The van der Waals surface area contributed by atoms with E-state index in [1.54, 1.807) is 6.26 Å². The van der Waals surface area contributed by atoms with E-state index in [9.17, 15) is 4.79 Å². The maximum Gasteiger partial charge on any atom is 0.303 e. The fraction of sp³-hybridized carbons (Fsp3) is 0.444. The van der Waals surface area contributed by atoms with Gasteiger partial charge in [0, 0.05) is 6.92 Å². The van der Waals surface area contributed by atoms with Crippen LogP contribution in [0.5, 0.6) is 0 Å². The molecule has 1 heterocycles. The number of carbonyl (C=O) groups is 1. The van der Waals surface area contributed by atoms with Crippen molar-refractivity contribution in [2.45, 2.75) is 26.9 Å². The summed E-state index contributed by atoms with van der Waals surface area (Å²) in [6.07, 6.45) is 2.50. The van der Waals surface area contributed by atoms with Gasteiger partial charge >= 0.3 is 5.97 Å². The second kappa shape index (κ2) is 3.95. The molecule has 0 spiro atoms. The Balaban J connectivity index is 2.56. The Morgan fingerprint density at radius 2 is 2.42 bits per heavy atom. The lowest BCUT2D eigenvalue weighted by atomic mass is 10.2. The molecule has 0 unspecified atom stereocenters. The van der Waals surface area contributed by atoms with Crippen LogP contribution in [0.25, 0.3) is 0 Å². The van der Waals surface area contributed by atoms with Gasteiger partial charge in [-0.15, -0.1) is 0 Å². The van der Waals surface area contributed by atoms with Crippen molar-refractivity contribution in [1.29, 1.82) is 0 Å². The number of hydrogen-bond acceptors (Lipinski definition) is 3. The monoisotopic (exact) mass is 168 g/mol. The zero-order valence-electron chi connectivity index (χ0n) is 7.29. The minimum atomic E-state index is -0.284. The number of esters is 1. The second-order valence-electron chi connectivity index (χ2n) is 2.50. The number of aryl methyl sites for hydroxylation is 1. The third-order valence-corrected chi connectivity index (χ3v) is 1.63. The lowest BCUT2D eigenvalue weighted by Crippen LogP contribution is -1.99. The molecule has 0 saturated carbocycles. The summed E-state index contributed by atoms with van der Waals surface area (Å²) in [5, 5.41) is 0. The van der Waals surface area contributed by atoms with Crippen molar-refractivity contribution in [3.05, 3.63) is 23.7 Å². The minimum absolute atomic E-state index is 0.242. The molecule has 0 aromatic carbocycles. The summed E-state index contributed by atoms with van der Waals surface area (Å²) in [4.78, 5) is 10.5. The molecule has 12 heavy (non-hydrogen) atoms. The van der Waals surface area contributed by atoms with Crippen LogP contribution in [0, 0.1) is 0 Å². The van der Waals surface area contributed by atoms with E-state index in [1.165, 1.54) is 6.92 Å². The smallest absolute Gasteiger partial charge is 0.303 e. The summed E-state index contributed by atoms with van der Waals surface area (Å²) in [7, 11) is 0. The van der Waals surface area contributed by atoms with Crippen LogP contribution in [0.2, 0.25) is 0 Å². The molecule has 1 rings (SSSR count). The van der Waals surface area contributed by atoms with E-state index in [4.69, 9.17) is 9.15 Å². The molecule has 0 fully saturated rings. The van der Waals surface area contributed by atoms with Crippen LogP contribution < -0.4 is 0 Å². The number of hydrogen-bond donors (Lipinski definition) is 0. The molecule has 0 radical (unpaired) electrons. The highest BCUT2D eigenvalue weighted by molar-refractivity contribution is 5.65. The number of rotatable bonds is 3. The topological polar surface area (TPSA) is 39.4 Å². The summed E-state index contributed by atoms with van der Waals surface area (Å²) < 4.78 is 9.92. The molecule has 1 aromatic rings. The maximum atomic E-state index is 10.5. The van der Waals surface area contributed by atoms with Gasteiger partial charge in [-0.2, -0.15) is 0 Å². The first-order valence-corrected chi connectivity index (χ1v) is 3.92. The van der Waals surface area contributed by atoms with Gasteiger partial charge < -0.3 is 9.15 Å². The van der Waals surface area contributed by atoms with Crippen LogP contribution in [-0.2, 0) is 22.6 Å². The van der Waals surface area contributed by atoms with Crippen molar-refractivity contribution in [3.63, 3.8) is 0 Å². The summed E-state index contributed by atoms with van der Waals surface area (Å²) in [5.41, 5.74) is 1.09. The lowest BCUT2D eigenvalue weighted by Gasteiger charge is -1.99. The SMILES string of the molecule is CCc1ccoc1COC(C)=O. The molecule has 0 saturated heterocycles. The minimum Gasteiger partial charge on any atom is -0.465 e. The Morgan fingerprint density at radius 1 is 1.67 bits per heavy atom. The summed E-state index contributed by atoms with van der Waals surface area (Å²) in [6.45, 7) is 3.65. The van der Waals surface area contributed by atoms with E-state index in [-0.39, 0.29) is 12.6 Å². The highest BCUT2D eigenvalue weighted by atomic mass is 16.5. The summed E-state index contributed by atoms with van der Waals surface area (Å²) in [6, 6.07) is 1.89. The fourth-order valence-electron chi connectivity index (χ4n) is 0.976. The van der Waals surface area contributed by atoms with Crippen LogP contribution in [0.4, 0.5) is 0 Å². The van der Waals surface area contributed by atoms with Gasteiger partial charge in [-0.1, -0.05) is 6.92 Å². The van der Waals surface area contributed by atoms with Gasteiger partial charge in [-0.05, 0) is 18.1 Å². The molecule has 0 bridgehead atoms. The van der Waals surface area contributed by atoms with Crippen molar-refractivity contribution in [2.75, 3.05) is 0 Å². The van der Waals surface area contributed by atoms with Gasteiger partial charge in [0.05, 0.1) is 6.26 Å². The molecule has 1 aromatic heterocycles. The molecule has 0 atom stereocenters. The normalized spacial score (nSPS) is 9.83. The van der Waals surface area contributed by atoms with E-state index < -0.39 is 0 Å². The average molecular weight is 168 g/mol. The van der Waals surface area contributed by atoms with Crippen molar-refractivity contribution < 1.29 is 13.9 Å². The van der Waals surface area contributed by atoms with Gasteiger partial charge in [0.1, 0.15) is 12.4 Å². The van der Waals surface area contributed by atoms with Gasteiger partial charge in [-0.25, -0.2) is 0 Å². The van der Waals surface area contributed by atoms with Gasteiger partial charge in [0.15, 0.2) is 0 Å². The third kappa shape index (κ3) is 2.12. The third-order valence-electron chi connectivity index (χ3n) is 1.63. The van der Waals surface area contributed by atoms with Crippen molar-refractivity contribution >= 4 is 5.97 Å². The van der Waals surface area contributed by atoms with Crippen LogP contribution in [0.15, 0.2) is 16.7 Å².